The molecule has 1 spiro atoms. The topological polar surface area (TPSA) is 131 Å². The molecular weight excluding hydrogens is 517 g/mol. The van der Waals surface area contributed by atoms with Gasteiger partial charge in [-0.2, -0.15) is 18.4 Å². The van der Waals surface area contributed by atoms with E-state index in [1.54, 1.807) is 5.32 Å². The third-order valence-corrected chi connectivity index (χ3v) is 7.54. The molecule has 0 aromatic heterocycles. The number of likely N-dealkylation sites (tertiary alicyclic amines) is 1. The van der Waals surface area contributed by atoms with E-state index in [4.69, 9.17) is 0 Å². The highest BCUT2D eigenvalue weighted by molar-refractivity contribution is 5.94. The number of hydrogen-bond acceptors (Lipinski definition) is 5. The van der Waals surface area contributed by atoms with Crippen molar-refractivity contribution in [3.63, 3.8) is 0 Å². The molecule has 0 aromatic carbocycles. The molecule has 212 valence electrons. The standard InChI is InChI=1S/C24H32F5N5O4/c1-21(2,3)16(33-20(38)24(27,28)29)19(37)34-7-5-22(11-23(25,26)12-22)9-15(34)18(36)32-14(10-30)8-13-4-6-31-17(13)35/h13-16H,4-9,11-12H2,1-3H3,(H,31,35)(H,32,36)(H,33,38). The first-order valence-corrected chi connectivity index (χ1v) is 12.4. The van der Waals surface area contributed by atoms with Crippen LogP contribution in [0.3, 0.4) is 0 Å². The molecule has 4 amide bonds. The molecule has 1 saturated carbocycles. The number of piperidine rings is 1. The third kappa shape index (κ3) is 6.53. The second kappa shape index (κ2) is 10.3. The van der Waals surface area contributed by atoms with Gasteiger partial charge in [-0.25, -0.2) is 8.78 Å². The molecule has 2 aliphatic heterocycles. The summed E-state index contributed by atoms with van der Waals surface area (Å²) < 4.78 is 66.6. The summed E-state index contributed by atoms with van der Waals surface area (Å²) in [6, 6.07) is -2.24. The summed E-state index contributed by atoms with van der Waals surface area (Å²) in [6.45, 7) is 4.56. The van der Waals surface area contributed by atoms with Crippen LogP contribution >= 0.6 is 0 Å². The van der Waals surface area contributed by atoms with Crippen LogP contribution in [0, 0.1) is 28.1 Å². The maximum Gasteiger partial charge on any atom is 0.471 e. The zero-order chi connectivity index (χ0) is 28.7. The normalized spacial score (nSPS) is 26.0. The van der Waals surface area contributed by atoms with Crippen molar-refractivity contribution in [2.45, 2.75) is 89.5 Å². The van der Waals surface area contributed by atoms with Crippen LogP contribution < -0.4 is 16.0 Å². The van der Waals surface area contributed by atoms with E-state index in [1.807, 2.05) is 6.07 Å². The van der Waals surface area contributed by atoms with Gasteiger partial charge < -0.3 is 20.9 Å². The summed E-state index contributed by atoms with van der Waals surface area (Å²) in [6.07, 6.45) is -5.85. The molecular formula is C24H32F5N5O4. The van der Waals surface area contributed by atoms with E-state index in [-0.39, 0.29) is 31.7 Å². The summed E-state index contributed by atoms with van der Waals surface area (Å²) in [4.78, 5) is 51.5. The van der Waals surface area contributed by atoms with Gasteiger partial charge in [0.15, 0.2) is 0 Å². The minimum Gasteiger partial charge on any atom is -0.356 e. The summed E-state index contributed by atoms with van der Waals surface area (Å²) in [5.74, 6) is -7.81. The molecule has 4 atom stereocenters. The highest BCUT2D eigenvalue weighted by atomic mass is 19.4. The zero-order valence-electron chi connectivity index (χ0n) is 21.4. The third-order valence-electron chi connectivity index (χ3n) is 7.54. The molecule has 3 fully saturated rings. The Morgan fingerprint density at radius 2 is 1.82 bits per heavy atom. The summed E-state index contributed by atoms with van der Waals surface area (Å²) in [7, 11) is 0. The summed E-state index contributed by atoms with van der Waals surface area (Å²) in [5, 5.41) is 16.4. The lowest BCUT2D eigenvalue weighted by Crippen LogP contribution is -2.65. The number of halogens is 5. The Morgan fingerprint density at radius 3 is 2.29 bits per heavy atom. The van der Waals surface area contributed by atoms with E-state index in [0.717, 1.165) is 4.90 Å². The van der Waals surface area contributed by atoms with Crippen LogP contribution in [0.5, 0.6) is 0 Å². The largest absolute Gasteiger partial charge is 0.471 e. The van der Waals surface area contributed by atoms with E-state index < -0.39 is 77.5 Å². The number of carbonyl (C=O) groups is 4. The number of amides is 4. The van der Waals surface area contributed by atoms with Crippen LogP contribution in [0.1, 0.15) is 59.3 Å². The van der Waals surface area contributed by atoms with Gasteiger partial charge in [0, 0.05) is 31.8 Å². The molecule has 2 saturated heterocycles. The number of nitrogens with one attached hydrogen (secondary N) is 3. The Bertz CT molecular complexity index is 1010. The Hall–Kier alpha value is -2.98. The van der Waals surface area contributed by atoms with Gasteiger partial charge in [0.05, 0.1) is 6.07 Å². The molecule has 3 N–H and O–H groups in total. The quantitative estimate of drug-likeness (QED) is 0.437. The van der Waals surface area contributed by atoms with Gasteiger partial charge in [0.25, 0.3) is 0 Å². The number of carbonyl (C=O) groups excluding carboxylic acids is 4. The SMILES string of the molecule is CC(C)(C)C(NC(=O)C(F)(F)F)C(=O)N1CCC2(CC1C(=O)NC(C#N)CC1CCNC1=O)CC(F)(F)C2. The maximum absolute atomic E-state index is 13.8. The van der Waals surface area contributed by atoms with E-state index in [0.29, 0.717) is 13.0 Å². The highest BCUT2D eigenvalue weighted by Crippen LogP contribution is 2.58. The van der Waals surface area contributed by atoms with Gasteiger partial charge in [0.2, 0.25) is 23.6 Å². The van der Waals surface area contributed by atoms with Crippen LogP contribution in [-0.4, -0.2) is 71.8 Å². The fraction of sp³-hybridized carbons (Fsp3) is 0.792. The average Bonchev–Trinajstić information content (AvgIpc) is 3.17. The predicted molar refractivity (Wildman–Crippen MR) is 122 cm³/mol. The molecule has 3 rings (SSSR count). The van der Waals surface area contributed by atoms with Crippen molar-refractivity contribution in [3.8, 4) is 6.07 Å². The molecule has 14 heteroatoms. The van der Waals surface area contributed by atoms with E-state index >= 15 is 0 Å². The Balaban J connectivity index is 1.85. The molecule has 3 aliphatic rings. The molecule has 38 heavy (non-hydrogen) atoms. The monoisotopic (exact) mass is 549 g/mol. The van der Waals surface area contributed by atoms with Gasteiger partial charge in [-0.15, -0.1) is 0 Å². The maximum atomic E-state index is 13.8. The smallest absolute Gasteiger partial charge is 0.356 e. The molecule has 9 nitrogen and oxygen atoms in total. The van der Waals surface area contributed by atoms with Crippen molar-refractivity contribution in [2.24, 2.45) is 16.7 Å². The Labute approximate surface area is 216 Å². The van der Waals surface area contributed by atoms with Crippen LogP contribution in [0.25, 0.3) is 0 Å². The average molecular weight is 550 g/mol. The van der Waals surface area contributed by atoms with E-state index in [9.17, 15) is 46.4 Å². The second-order valence-electron chi connectivity index (χ2n) is 11.7. The van der Waals surface area contributed by atoms with Crippen molar-refractivity contribution < 1.29 is 41.1 Å². The number of hydrogen-bond donors (Lipinski definition) is 3. The van der Waals surface area contributed by atoms with Gasteiger partial charge in [-0.05, 0) is 36.5 Å². The predicted octanol–water partition coefficient (Wildman–Crippen LogP) is 2.02. The van der Waals surface area contributed by atoms with Gasteiger partial charge in [-0.1, -0.05) is 20.8 Å². The number of nitriles is 1. The second-order valence-corrected chi connectivity index (χ2v) is 11.7. The molecule has 1 aliphatic carbocycles. The molecule has 0 radical (unpaired) electrons. The van der Waals surface area contributed by atoms with Gasteiger partial charge in [-0.3, -0.25) is 19.2 Å². The number of alkyl halides is 5. The summed E-state index contributed by atoms with van der Waals surface area (Å²) >= 11 is 0. The van der Waals surface area contributed by atoms with Crippen molar-refractivity contribution >= 4 is 23.6 Å². The number of nitrogens with zero attached hydrogens (tertiary/aromatic N) is 2. The van der Waals surface area contributed by atoms with Crippen LogP contribution in [0.15, 0.2) is 0 Å². The van der Waals surface area contributed by atoms with Crippen molar-refractivity contribution in [2.75, 3.05) is 13.1 Å². The van der Waals surface area contributed by atoms with Gasteiger partial charge >= 0.3 is 12.1 Å². The van der Waals surface area contributed by atoms with Crippen molar-refractivity contribution in [1.29, 1.82) is 5.26 Å². The fourth-order valence-corrected chi connectivity index (χ4v) is 5.59. The van der Waals surface area contributed by atoms with Crippen LogP contribution in [0.2, 0.25) is 0 Å². The van der Waals surface area contributed by atoms with Crippen LogP contribution in [0.4, 0.5) is 22.0 Å². The lowest BCUT2D eigenvalue weighted by Gasteiger charge is -2.54. The molecule has 2 heterocycles. The minimum atomic E-state index is -5.25. The lowest BCUT2D eigenvalue weighted by molar-refractivity contribution is -0.191. The Morgan fingerprint density at radius 1 is 1.18 bits per heavy atom. The Kier molecular flexibility index (Phi) is 8.01. The summed E-state index contributed by atoms with van der Waals surface area (Å²) in [5.41, 5.74) is -2.13. The first kappa shape index (κ1) is 29.6. The van der Waals surface area contributed by atoms with Crippen molar-refractivity contribution in [3.05, 3.63) is 0 Å². The zero-order valence-corrected chi connectivity index (χ0v) is 21.4. The van der Waals surface area contributed by atoms with E-state index in [1.165, 1.54) is 20.8 Å². The fourth-order valence-electron chi connectivity index (χ4n) is 5.59. The highest BCUT2D eigenvalue weighted by Gasteiger charge is 2.60. The molecule has 0 aromatic rings. The lowest BCUT2D eigenvalue weighted by atomic mass is 9.59. The molecule has 0 bridgehead atoms. The molecule has 4 unspecified atom stereocenters. The first-order valence-electron chi connectivity index (χ1n) is 12.4. The van der Waals surface area contributed by atoms with E-state index in [2.05, 4.69) is 10.6 Å². The van der Waals surface area contributed by atoms with Crippen molar-refractivity contribution in [1.82, 2.24) is 20.9 Å². The first-order chi connectivity index (χ1) is 17.4. The minimum absolute atomic E-state index is 0.00418. The van der Waals surface area contributed by atoms with Crippen LogP contribution in [-0.2, 0) is 19.2 Å². The van der Waals surface area contributed by atoms with Gasteiger partial charge in [0.1, 0.15) is 18.1 Å². The number of rotatable bonds is 6.